The van der Waals surface area contributed by atoms with Crippen LogP contribution in [0.2, 0.25) is 0 Å². The van der Waals surface area contributed by atoms with E-state index < -0.39 is 0 Å². The summed E-state index contributed by atoms with van der Waals surface area (Å²) in [6.45, 7) is 4.39. The predicted molar refractivity (Wildman–Crippen MR) is 104 cm³/mol. The van der Waals surface area contributed by atoms with Crippen molar-refractivity contribution in [2.24, 2.45) is 4.99 Å². The van der Waals surface area contributed by atoms with Gasteiger partial charge in [0.1, 0.15) is 5.76 Å². The summed E-state index contributed by atoms with van der Waals surface area (Å²) < 4.78 is 16.0. The van der Waals surface area contributed by atoms with E-state index in [0.717, 1.165) is 55.4 Å². The number of nitrogens with zero attached hydrogens (tertiary/aromatic N) is 1. The molecule has 142 valence electrons. The maximum Gasteiger partial charge on any atom is 0.191 e. The molecule has 0 saturated carbocycles. The maximum atomic E-state index is 5.36. The lowest BCUT2D eigenvalue weighted by atomic mass is 10.2. The van der Waals surface area contributed by atoms with Gasteiger partial charge in [0, 0.05) is 19.5 Å². The standard InChI is InChI=1S/C20H29N3O3/c1-4-5-11-21-20(22-12-10-17-7-6-13-26-17)23-15-16-8-9-18(24-2)19(14-16)25-3/h6-9,13-14H,4-5,10-12,15H2,1-3H3,(H2,21,22,23). The Bertz CT molecular complexity index is 669. The minimum atomic E-state index is 0.558. The van der Waals surface area contributed by atoms with Crippen molar-refractivity contribution in [3.05, 3.63) is 47.9 Å². The van der Waals surface area contributed by atoms with Crippen molar-refractivity contribution in [1.29, 1.82) is 0 Å². The van der Waals surface area contributed by atoms with Crippen LogP contribution >= 0.6 is 0 Å². The number of benzene rings is 1. The molecule has 0 aliphatic heterocycles. The van der Waals surface area contributed by atoms with Crippen LogP contribution in [0.3, 0.4) is 0 Å². The van der Waals surface area contributed by atoms with Gasteiger partial charge in [-0.25, -0.2) is 4.99 Å². The molecular formula is C20H29N3O3. The van der Waals surface area contributed by atoms with Gasteiger partial charge in [-0.3, -0.25) is 0 Å². The third-order valence-electron chi connectivity index (χ3n) is 3.93. The van der Waals surface area contributed by atoms with Crippen LogP contribution in [0.1, 0.15) is 31.1 Å². The fourth-order valence-electron chi connectivity index (χ4n) is 2.47. The number of methoxy groups -OCH3 is 2. The lowest BCUT2D eigenvalue weighted by Crippen LogP contribution is -2.38. The average Bonchev–Trinajstić information content (AvgIpc) is 3.19. The summed E-state index contributed by atoms with van der Waals surface area (Å²) in [7, 11) is 3.27. The van der Waals surface area contributed by atoms with E-state index in [1.165, 1.54) is 0 Å². The van der Waals surface area contributed by atoms with E-state index in [2.05, 4.69) is 22.5 Å². The highest BCUT2D eigenvalue weighted by Crippen LogP contribution is 2.27. The van der Waals surface area contributed by atoms with Crippen LogP contribution in [0.5, 0.6) is 11.5 Å². The number of hydrogen-bond acceptors (Lipinski definition) is 4. The third-order valence-corrected chi connectivity index (χ3v) is 3.93. The van der Waals surface area contributed by atoms with Gasteiger partial charge >= 0.3 is 0 Å². The summed E-state index contributed by atoms with van der Waals surface area (Å²) in [6, 6.07) is 9.73. The summed E-state index contributed by atoms with van der Waals surface area (Å²) >= 11 is 0. The molecule has 1 aromatic heterocycles. The number of furan rings is 1. The Morgan fingerprint density at radius 2 is 1.88 bits per heavy atom. The fraction of sp³-hybridized carbons (Fsp3) is 0.450. The number of guanidine groups is 1. The topological polar surface area (TPSA) is 68.0 Å². The highest BCUT2D eigenvalue weighted by molar-refractivity contribution is 5.79. The van der Waals surface area contributed by atoms with Crippen LogP contribution in [0.15, 0.2) is 46.0 Å². The summed E-state index contributed by atoms with van der Waals surface area (Å²) in [4.78, 5) is 4.68. The monoisotopic (exact) mass is 359 g/mol. The summed E-state index contributed by atoms with van der Waals surface area (Å²) in [6.07, 6.45) is 4.76. The molecule has 0 bridgehead atoms. The van der Waals surface area contributed by atoms with Gasteiger partial charge in [0.2, 0.25) is 0 Å². The number of aliphatic imine (C=N–C) groups is 1. The zero-order valence-corrected chi connectivity index (χ0v) is 15.9. The molecule has 26 heavy (non-hydrogen) atoms. The molecular weight excluding hydrogens is 330 g/mol. The smallest absolute Gasteiger partial charge is 0.191 e. The van der Waals surface area contributed by atoms with Gasteiger partial charge in [-0.05, 0) is 36.2 Å². The highest BCUT2D eigenvalue weighted by Gasteiger charge is 2.05. The molecule has 0 aliphatic rings. The fourth-order valence-corrected chi connectivity index (χ4v) is 2.47. The number of hydrogen-bond donors (Lipinski definition) is 2. The van der Waals surface area contributed by atoms with Crippen LogP contribution in [0.25, 0.3) is 0 Å². The predicted octanol–water partition coefficient (Wildman–Crippen LogP) is 3.37. The first-order chi connectivity index (χ1) is 12.8. The summed E-state index contributed by atoms with van der Waals surface area (Å²) in [5, 5.41) is 6.74. The maximum absolute atomic E-state index is 5.36. The average molecular weight is 359 g/mol. The van der Waals surface area contributed by atoms with Gasteiger partial charge in [-0.2, -0.15) is 0 Å². The van der Waals surface area contributed by atoms with E-state index >= 15 is 0 Å². The quantitative estimate of drug-likeness (QED) is 0.387. The molecule has 1 heterocycles. The Morgan fingerprint density at radius 1 is 1.08 bits per heavy atom. The first kappa shape index (κ1) is 19.7. The second kappa shape index (κ2) is 11.1. The van der Waals surface area contributed by atoms with E-state index in [-0.39, 0.29) is 0 Å². The first-order valence-corrected chi connectivity index (χ1v) is 9.02. The van der Waals surface area contributed by atoms with Gasteiger partial charge in [-0.15, -0.1) is 0 Å². The largest absolute Gasteiger partial charge is 0.493 e. The lowest BCUT2D eigenvalue weighted by Gasteiger charge is -2.13. The van der Waals surface area contributed by atoms with Crippen molar-refractivity contribution >= 4 is 5.96 Å². The Balaban J connectivity index is 1.96. The molecule has 6 nitrogen and oxygen atoms in total. The van der Waals surface area contributed by atoms with Crippen LogP contribution in [0, 0.1) is 0 Å². The minimum Gasteiger partial charge on any atom is -0.493 e. The van der Waals surface area contributed by atoms with Crippen molar-refractivity contribution in [2.75, 3.05) is 27.3 Å². The number of nitrogens with one attached hydrogen (secondary N) is 2. The van der Waals surface area contributed by atoms with E-state index in [4.69, 9.17) is 13.9 Å². The van der Waals surface area contributed by atoms with Crippen molar-refractivity contribution in [3.63, 3.8) is 0 Å². The molecule has 2 aromatic rings. The molecule has 2 rings (SSSR count). The lowest BCUT2D eigenvalue weighted by molar-refractivity contribution is 0.354. The van der Waals surface area contributed by atoms with Gasteiger partial charge in [0.25, 0.3) is 0 Å². The minimum absolute atomic E-state index is 0.558. The van der Waals surface area contributed by atoms with E-state index in [1.54, 1.807) is 20.5 Å². The summed E-state index contributed by atoms with van der Waals surface area (Å²) in [5.74, 6) is 3.20. The molecule has 1 aromatic carbocycles. The Labute approximate surface area is 155 Å². The SMILES string of the molecule is CCCCNC(=NCc1ccc(OC)c(OC)c1)NCCc1ccco1. The highest BCUT2D eigenvalue weighted by atomic mass is 16.5. The molecule has 0 saturated heterocycles. The van der Waals surface area contributed by atoms with Gasteiger partial charge < -0.3 is 24.5 Å². The van der Waals surface area contributed by atoms with Gasteiger partial charge in [0.15, 0.2) is 17.5 Å². The van der Waals surface area contributed by atoms with Crippen molar-refractivity contribution in [2.45, 2.75) is 32.7 Å². The molecule has 0 spiro atoms. The van der Waals surface area contributed by atoms with Crippen LogP contribution in [-0.4, -0.2) is 33.3 Å². The first-order valence-electron chi connectivity index (χ1n) is 9.02. The van der Waals surface area contributed by atoms with Crippen molar-refractivity contribution in [3.8, 4) is 11.5 Å². The molecule has 2 N–H and O–H groups in total. The van der Waals surface area contributed by atoms with Crippen LogP contribution in [0.4, 0.5) is 0 Å². The van der Waals surface area contributed by atoms with E-state index in [0.29, 0.717) is 12.3 Å². The number of unbranched alkanes of at least 4 members (excludes halogenated alkanes) is 1. The Kier molecular flexibility index (Phi) is 8.39. The zero-order chi connectivity index (χ0) is 18.6. The second-order valence-electron chi connectivity index (χ2n) is 5.89. The number of ether oxygens (including phenoxy) is 2. The normalized spacial score (nSPS) is 11.3. The molecule has 0 amide bonds. The van der Waals surface area contributed by atoms with Gasteiger partial charge in [-0.1, -0.05) is 19.4 Å². The van der Waals surface area contributed by atoms with E-state index in [1.807, 2.05) is 30.3 Å². The Morgan fingerprint density at radius 3 is 2.58 bits per heavy atom. The Hall–Kier alpha value is -2.63. The van der Waals surface area contributed by atoms with Gasteiger partial charge in [0.05, 0.1) is 27.0 Å². The van der Waals surface area contributed by atoms with Crippen molar-refractivity contribution in [1.82, 2.24) is 10.6 Å². The second-order valence-corrected chi connectivity index (χ2v) is 5.89. The van der Waals surface area contributed by atoms with E-state index in [9.17, 15) is 0 Å². The van der Waals surface area contributed by atoms with Crippen LogP contribution < -0.4 is 20.1 Å². The number of rotatable bonds is 10. The molecule has 6 heteroatoms. The molecule has 0 radical (unpaired) electrons. The zero-order valence-electron chi connectivity index (χ0n) is 15.9. The molecule has 0 unspecified atom stereocenters. The molecule has 0 atom stereocenters. The molecule has 0 fully saturated rings. The van der Waals surface area contributed by atoms with Crippen LogP contribution in [-0.2, 0) is 13.0 Å². The summed E-state index contributed by atoms with van der Waals surface area (Å²) in [5.41, 5.74) is 1.06. The molecule has 0 aliphatic carbocycles. The third kappa shape index (κ3) is 6.35. The van der Waals surface area contributed by atoms with Crippen molar-refractivity contribution < 1.29 is 13.9 Å².